The zero-order valence-corrected chi connectivity index (χ0v) is 8.45. The first-order valence-corrected chi connectivity index (χ1v) is 4.65. The molecule has 0 radical (unpaired) electrons. The molecule has 82 valence electrons. The lowest BCUT2D eigenvalue weighted by molar-refractivity contribution is 0.327. The van der Waals surface area contributed by atoms with Crippen molar-refractivity contribution < 1.29 is 15.3 Å². The number of aromatic hydroxyl groups is 1. The van der Waals surface area contributed by atoms with E-state index in [9.17, 15) is 5.11 Å². The van der Waals surface area contributed by atoms with Crippen LogP contribution in [0, 0.1) is 0 Å². The van der Waals surface area contributed by atoms with E-state index < -0.39 is 0 Å². The lowest BCUT2D eigenvalue weighted by Gasteiger charge is -2.06. The third kappa shape index (κ3) is 3.61. The third-order valence-corrected chi connectivity index (χ3v) is 2.00. The van der Waals surface area contributed by atoms with Crippen LogP contribution in [0.25, 0.3) is 0 Å². The van der Waals surface area contributed by atoms with Crippen LogP contribution in [0.2, 0.25) is 0 Å². The molecule has 0 heterocycles. The first-order chi connectivity index (χ1) is 7.13. The Balaban J connectivity index is 2.47. The molecule has 0 aliphatic rings. The summed E-state index contributed by atoms with van der Waals surface area (Å²) in [6, 6.07) is 4.72. The highest BCUT2D eigenvalue weighted by Gasteiger charge is 2.03. The van der Waals surface area contributed by atoms with E-state index in [0.717, 1.165) is 5.56 Å². The van der Waals surface area contributed by atoms with Crippen LogP contribution in [0.15, 0.2) is 30.4 Å². The average molecular weight is 210 g/mol. The highest BCUT2D eigenvalue weighted by atomic mass is 16.3. The number of hydrogen-bond acceptors (Lipinski definition) is 3. The second-order valence-corrected chi connectivity index (χ2v) is 3.36. The maximum atomic E-state index is 9.48. The smallest absolute Gasteiger partial charge is 0.257 e. The first kappa shape index (κ1) is 11.6. The monoisotopic (exact) mass is 210 g/mol. The fraction of sp³-hybridized carbons (Fsp3) is 0.273. The molecule has 0 aliphatic heterocycles. The fourth-order valence-electron chi connectivity index (χ4n) is 1.14. The molecule has 4 nitrogen and oxygen atoms in total. The van der Waals surface area contributed by atoms with Crippen molar-refractivity contribution in [2.45, 2.75) is 6.54 Å². The standard InChI is InChI=1S/C11H15NO3/c1-8(7-13)5-12-6-9-2-3-10(14)4-11(9)15/h2-4,12-15H,1,5-7H2/p+1. The Labute approximate surface area is 88.5 Å². The number of benzene rings is 1. The van der Waals surface area contributed by atoms with Crippen LogP contribution in [0.1, 0.15) is 5.56 Å². The molecule has 1 aromatic rings. The Morgan fingerprint density at radius 2 is 2.20 bits per heavy atom. The Kier molecular flexibility index (Phi) is 4.15. The molecule has 0 aromatic heterocycles. The summed E-state index contributed by atoms with van der Waals surface area (Å²) in [5.41, 5.74) is 1.43. The van der Waals surface area contributed by atoms with Crippen LogP contribution in [0.4, 0.5) is 0 Å². The van der Waals surface area contributed by atoms with Crippen molar-refractivity contribution in [2.24, 2.45) is 0 Å². The Hall–Kier alpha value is -1.52. The van der Waals surface area contributed by atoms with Gasteiger partial charge in [-0.15, -0.1) is 0 Å². The minimum absolute atomic E-state index is 0.0371. The predicted octanol–water partition coefficient (Wildman–Crippen LogP) is 0.468. The summed E-state index contributed by atoms with van der Waals surface area (Å²) in [4.78, 5) is 0. The molecule has 5 N–H and O–H groups in total. The lowest BCUT2D eigenvalue weighted by Crippen LogP contribution is -2.17. The van der Waals surface area contributed by atoms with Crippen molar-refractivity contribution in [3.8, 4) is 11.5 Å². The quantitative estimate of drug-likeness (QED) is 0.488. The van der Waals surface area contributed by atoms with Crippen LogP contribution in [0.5, 0.6) is 11.5 Å². The SMILES string of the molecule is C=C(CO)CNCc1ccc([OH2+])cc1O. The molecule has 0 bridgehead atoms. The van der Waals surface area contributed by atoms with Gasteiger partial charge in [0.1, 0.15) is 5.75 Å². The summed E-state index contributed by atoms with van der Waals surface area (Å²) in [5.74, 6) is 0.403. The summed E-state index contributed by atoms with van der Waals surface area (Å²) in [6.07, 6.45) is 0. The van der Waals surface area contributed by atoms with Gasteiger partial charge < -0.3 is 20.6 Å². The van der Waals surface area contributed by atoms with E-state index in [1.54, 1.807) is 12.1 Å². The van der Waals surface area contributed by atoms with E-state index in [2.05, 4.69) is 11.9 Å². The molecule has 1 aromatic carbocycles. The van der Waals surface area contributed by atoms with Crippen molar-refractivity contribution >= 4 is 0 Å². The second-order valence-electron chi connectivity index (χ2n) is 3.36. The van der Waals surface area contributed by atoms with Crippen molar-refractivity contribution in [3.63, 3.8) is 0 Å². The van der Waals surface area contributed by atoms with Crippen molar-refractivity contribution in [2.75, 3.05) is 13.2 Å². The number of aliphatic hydroxyl groups excluding tert-OH is 1. The predicted molar refractivity (Wildman–Crippen MR) is 59.1 cm³/mol. The van der Waals surface area contributed by atoms with Gasteiger partial charge in [-0.1, -0.05) is 6.58 Å². The van der Waals surface area contributed by atoms with Crippen molar-refractivity contribution in [1.29, 1.82) is 0 Å². The maximum absolute atomic E-state index is 9.48. The van der Waals surface area contributed by atoms with Crippen molar-refractivity contribution in [3.05, 3.63) is 35.9 Å². The van der Waals surface area contributed by atoms with E-state index in [1.807, 2.05) is 0 Å². The van der Waals surface area contributed by atoms with Gasteiger partial charge in [0.25, 0.3) is 5.75 Å². The molecular formula is C11H16NO3+. The summed E-state index contributed by atoms with van der Waals surface area (Å²) < 4.78 is 0. The van der Waals surface area contributed by atoms with Crippen LogP contribution >= 0.6 is 0 Å². The van der Waals surface area contributed by atoms with Gasteiger partial charge in [-0.25, -0.2) is 0 Å². The minimum Gasteiger partial charge on any atom is -0.593 e. The molecule has 1 rings (SSSR count). The Morgan fingerprint density at radius 1 is 1.47 bits per heavy atom. The van der Waals surface area contributed by atoms with Crippen LogP contribution in [-0.4, -0.2) is 28.5 Å². The number of nitrogens with one attached hydrogen (secondary N) is 1. The number of rotatable bonds is 5. The molecule has 0 aliphatic carbocycles. The molecule has 0 fully saturated rings. The van der Waals surface area contributed by atoms with E-state index in [-0.39, 0.29) is 18.1 Å². The largest absolute Gasteiger partial charge is 0.593 e. The molecule has 15 heavy (non-hydrogen) atoms. The molecule has 0 atom stereocenters. The number of phenolic OH excluding ortho intramolecular Hbond substituents is 1. The maximum Gasteiger partial charge on any atom is 0.257 e. The summed E-state index contributed by atoms with van der Waals surface area (Å²) in [7, 11) is 0. The topological polar surface area (TPSA) is 75.4 Å². The van der Waals surface area contributed by atoms with E-state index in [4.69, 9.17) is 10.2 Å². The summed E-state index contributed by atoms with van der Waals surface area (Å²) in [6.45, 7) is 4.60. The van der Waals surface area contributed by atoms with Gasteiger partial charge in [-0.05, 0) is 11.6 Å². The zero-order chi connectivity index (χ0) is 11.3. The van der Waals surface area contributed by atoms with Gasteiger partial charge in [0.2, 0.25) is 0 Å². The van der Waals surface area contributed by atoms with Crippen LogP contribution in [0.3, 0.4) is 0 Å². The molecule has 0 saturated heterocycles. The van der Waals surface area contributed by atoms with Gasteiger partial charge >= 0.3 is 0 Å². The van der Waals surface area contributed by atoms with E-state index >= 15 is 0 Å². The van der Waals surface area contributed by atoms with Gasteiger partial charge in [0.15, 0.2) is 0 Å². The third-order valence-electron chi connectivity index (χ3n) is 2.00. The molecule has 0 amide bonds. The van der Waals surface area contributed by atoms with Gasteiger partial charge in [0, 0.05) is 24.7 Å². The fourth-order valence-corrected chi connectivity index (χ4v) is 1.14. The average Bonchev–Trinajstić information content (AvgIpc) is 2.21. The zero-order valence-electron chi connectivity index (χ0n) is 8.45. The van der Waals surface area contributed by atoms with E-state index in [1.165, 1.54) is 6.07 Å². The van der Waals surface area contributed by atoms with Crippen LogP contribution < -0.4 is 5.32 Å². The number of hydrogen-bond donors (Lipinski definition) is 3. The Morgan fingerprint density at radius 3 is 2.80 bits per heavy atom. The molecule has 0 saturated carbocycles. The normalized spacial score (nSPS) is 10.2. The first-order valence-electron chi connectivity index (χ1n) is 4.65. The van der Waals surface area contributed by atoms with Gasteiger partial charge in [-0.2, -0.15) is 0 Å². The molecule has 0 unspecified atom stereocenters. The van der Waals surface area contributed by atoms with Crippen LogP contribution in [-0.2, 0) is 6.54 Å². The lowest BCUT2D eigenvalue weighted by atomic mass is 10.2. The molecule has 0 spiro atoms. The second kappa shape index (κ2) is 5.38. The summed E-state index contributed by atoms with van der Waals surface area (Å²) >= 11 is 0. The number of aliphatic hydroxyl groups is 1. The van der Waals surface area contributed by atoms with Gasteiger partial charge in [-0.3, -0.25) is 0 Å². The highest BCUT2D eigenvalue weighted by molar-refractivity contribution is 5.38. The Bertz CT molecular complexity index is 350. The molecular weight excluding hydrogens is 194 g/mol. The summed E-state index contributed by atoms with van der Waals surface area (Å²) in [5, 5.41) is 28.5. The van der Waals surface area contributed by atoms with E-state index in [0.29, 0.717) is 18.7 Å². The molecule has 4 heteroatoms. The number of phenols is 1. The minimum atomic E-state index is -0.0371. The highest BCUT2D eigenvalue weighted by Crippen LogP contribution is 2.22. The van der Waals surface area contributed by atoms with Crippen molar-refractivity contribution in [1.82, 2.24) is 5.32 Å². The van der Waals surface area contributed by atoms with Gasteiger partial charge in [0.05, 0.1) is 12.7 Å².